The Morgan fingerprint density at radius 1 is 1.18 bits per heavy atom. The number of pyridine rings is 1. The lowest BCUT2D eigenvalue weighted by Gasteiger charge is -2.23. The van der Waals surface area contributed by atoms with Gasteiger partial charge in [0.15, 0.2) is 5.96 Å². The molecule has 1 aromatic heterocycles. The summed E-state index contributed by atoms with van der Waals surface area (Å²) >= 11 is 0. The van der Waals surface area contributed by atoms with Crippen molar-refractivity contribution in [1.29, 1.82) is 0 Å². The molecule has 114 valence electrons. The fourth-order valence-electron chi connectivity index (χ4n) is 2.80. The molecule has 2 N–H and O–H groups in total. The van der Waals surface area contributed by atoms with E-state index in [1.165, 1.54) is 22.3 Å². The third kappa shape index (κ3) is 3.27. The SMILES string of the molecule is Cc1cccc(C(Cc2ccncc2)NC2=NCCN2)c1C. The first kappa shape index (κ1) is 14.6. The minimum atomic E-state index is 0.201. The molecule has 1 unspecified atom stereocenters. The van der Waals surface area contributed by atoms with Crippen LogP contribution in [-0.2, 0) is 6.42 Å². The lowest BCUT2D eigenvalue weighted by atomic mass is 9.93. The number of nitrogens with one attached hydrogen (secondary N) is 2. The number of hydrogen-bond acceptors (Lipinski definition) is 4. The molecule has 2 aromatic rings. The van der Waals surface area contributed by atoms with Crippen LogP contribution in [0.4, 0.5) is 0 Å². The molecule has 1 atom stereocenters. The molecule has 1 aliphatic heterocycles. The van der Waals surface area contributed by atoms with Crippen LogP contribution in [0.25, 0.3) is 0 Å². The van der Waals surface area contributed by atoms with Crippen LogP contribution in [0.3, 0.4) is 0 Å². The Kier molecular flexibility index (Phi) is 4.37. The quantitative estimate of drug-likeness (QED) is 0.911. The Hall–Kier alpha value is -2.36. The van der Waals surface area contributed by atoms with Crippen LogP contribution < -0.4 is 10.6 Å². The van der Waals surface area contributed by atoms with Gasteiger partial charge in [-0.2, -0.15) is 0 Å². The maximum atomic E-state index is 4.48. The third-order valence-corrected chi connectivity index (χ3v) is 4.20. The number of nitrogens with zero attached hydrogens (tertiary/aromatic N) is 2. The van der Waals surface area contributed by atoms with Crippen LogP contribution in [0, 0.1) is 13.8 Å². The second kappa shape index (κ2) is 6.60. The molecule has 1 aromatic carbocycles. The van der Waals surface area contributed by atoms with Crippen molar-refractivity contribution in [2.75, 3.05) is 13.1 Å². The molecule has 2 heterocycles. The van der Waals surface area contributed by atoms with Gasteiger partial charge in [-0.05, 0) is 54.7 Å². The Bertz CT molecular complexity index is 664. The highest BCUT2D eigenvalue weighted by atomic mass is 15.2. The summed E-state index contributed by atoms with van der Waals surface area (Å²) < 4.78 is 0. The van der Waals surface area contributed by atoms with Crippen LogP contribution in [-0.4, -0.2) is 24.0 Å². The molecule has 4 nitrogen and oxygen atoms in total. The molecule has 3 rings (SSSR count). The van der Waals surface area contributed by atoms with E-state index in [1.807, 2.05) is 12.4 Å². The number of aliphatic imine (C=N–C) groups is 1. The summed E-state index contributed by atoms with van der Waals surface area (Å²) in [5.41, 5.74) is 5.26. The van der Waals surface area contributed by atoms with Crippen molar-refractivity contribution in [1.82, 2.24) is 15.6 Å². The number of hydrogen-bond donors (Lipinski definition) is 2. The number of rotatable bonds is 4. The normalized spacial score (nSPS) is 15.1. The summed E-state index contributed by atoms with van der Waals surface area (Å²) in [4.78, 5) is 8.58. The molecule has 0 saturated heterocycles. The Morgan fingerprint density at radius 3 is 2.73 bits per heavy atom. The van der Waals surface area contributed by atoms with Gasteiger partial charge < -0.3 is 10.6 Å². The molecular formula is C18H22N4. The van der Waals surface area contributed by atoms with Crippen molar-refractivity contribution in [3.05, 3.63) is 65.0 Å². The van der Waals surface area contributed by atoms with Gasteiger partial charge in [0.05, 0.1) is 12.6 Å². The zero-order valence-electron chi connectivity index (χ0n) is 13.1. The van der Waals surface area contributed by atoms with Crippen LogP contribution in [0.15, 0.2) is 47.7 Å². The van der Waals surface area contributed by atoms with E-state index in [1.54, 1.807) is 0 Å². The van der Waals surface area contributed by atoms with Gasteiger partial charge in [-0.1, -0.05) is 18.2 Å². The van der Waals surface area contributed by atoms with E-state index in [4.69, 9.17) is 0 Å². The Morgan fingerprint density at radius 2 is 2.00 bits per heavy atom. The summed E-state index contributed by atoms with van der Waals surface area (Å²) in [5.74, 6) is 0.903. The van der Waals surface area contributed by atoms with E-state index in [0.717, 1.165) is 25.5 Å². The summed E-state index contributed by atoms with van der Waals surface area (Å²) in [6.45, 7) is 6.11. The monoisotopic (exact) mass is 294 g/mol. The van der Waals surface area contributed by atoms with E-state index in [2.05, 4.69) is 64.8 Å². The second-order valence-electron chi connectivity index (χ2n) is 5.70. The van der Waals surface area contributed by atoms with Gasteiger partial charge in [0.2, 0.25) is 0 Å². The van der Waals surface area contributed by atoms with E-state index >= 15 is 0 Å². The van der Waals surface area contributed by atoms with Crippen molar-refractivity contribution >= 4 is 5.96 Å². The van der Waals surface area contributed by atoms with Crippen LogP contribution in [0.1, 0.15) is 28.3 Å². The van der Waals surface area contributed by atoms with Crippen LogP contribution in [0.5, 0.6) is 0 Å². The van der Waals surface area contributed by atoms with Gasteiger partial charge in [-0.25, -0.2) is 0 Å². The molecule has 0 aliphatic carbocycles. The molecule has 4 heteroatoms. The smallest absolute Gasteiger partial charge is 0.191 e. The van der Waals surface area contributed by atoms with Gasteiger partial charge in [0, 0.05) is 18.9 Å². The van der Waals surface area contributed by atoms with Crippen molar-refractivity contribution in [3.63, 3.8) is 0 Å². The zero-order valence-corrected chi connectivity index (χ0v) is 13.1. The zero-order chi connectivity index (χ0) is 15.4. The summed E-state index contributed by atoms with van der Waals surface area (Å²) in [7, 11) is 0. The van der Waals surface area contributed by atoms with Gasteiger partial charge in [0.1, 0.15) is 0 Å². The Labute approximate surface area is 131 Å². The standard InChI is InChI=1S/C18H22N4/c1-13-4-3-5-16(14(13)2)17(22-18-20-10-11-21-18)12-15-6-8-19-9-7-15/h3-9,17H,10-12H2,1-2H3,(H2,20,21,22). The fourth-order valence-corrected chi connectivity index (χ4v) is 2.80. The average Bonchev–Trinajstić information content (AvgIpc) is 3.03. The highest BCUT2D eigenvalue weighted by Gasteiger charge is 2.18. The van der Waals surface area contributed by atoms with Crippen molar-refractivity contribution in [3.8, 4) is 0 Å². The van der Waals surface area contributed by atoms with Crippen molar-refractivity contribution in [2.45, 2.75) is 26.3 Å². The van der Waals surface area contributed by atoms with E-state index in [0.29, 0.717) is 0 Å². The van der Waals surface area contributed by atoms with Crippen LogP contribution >= 0.6 is 0 Å². The minimum Gasteiger partial charge on any atom is -0.355 e. The van der Waals surface area contributed by atoms with Gasteiger partial charge >= 0.3 is 0 Å². The first-order valence-electron chi connectivity index (χ1n) is 7.74. The topological polar surface area (TPSA) is 49.3 Å². The summed E-state index contributed by atoms with van der Waals surface area (Å²) in [5, 5.41) is 6.87. The first-order chi connectivity index (χ1) is 10.7. The predicted octanol–water partition coefficient (Wildman–Crippen LogP) is 2.53. The lowest BCUT2D eigenvalue weighted by molar-refractivity contribution is 0.629. The lowest BCUT2D eigenvalue weighted by Crippen LogP contribution is -2.37. The van der Waals surface area contributed by atoms with Crippen molar-refractivity contribution in [2.24, 2.45) is 4.99 Å². The Balaban J connectivity index is 1.89. The predicted molar refractivity (Wildman–Crippen MR) is 90.0 cm³/mol. The molecule has 0 fully saturated rings. The minimum absolute atomic E-state index is 0.201. The van der Waals surface area contributed by atoms with Gasteiger partial charge in [-0.3, -0.25) is 9.98 Å². The summed E-state index contributed by atoms with van der Waals surface area (Å²) in [6.07, 6.45) is 4.61. The number of benzene rings is 1. The fraction of sp³-hybridized carbons (Fsp3) is 0.333. The molecule has 0 saturated carbocycles. The largest absolute Gasteiger partial charge is 0.355 e. The van der Waals surface area contributed by atoms with Gasteiger partial charge in [-0.15, -0.1) is 0 Å². The van der Waals surface area contributed by atoms with E-state index in [-0.39, 0.29) is 6.04 Å². The number of guanidine groups is 1. The number of aryl methyl sites for hydroxylation is 1. The molecule has 0 amide bonds. The highest BCUT2D eigenvalue weighted by molar-refractivity contribution is 5.81. The third-order valence-electron chi connectivity index (χ3n) is 4.20. The molecule has 0 spiro atoms. The van der Waals surface area contributed by atoms with E-state index in [9.17, 15) is 0 Å². The molecule has 0 bridgehead atoms. The molecule has 0 radical (unpaired) electrons. The van der Waals surface area contributed by atoms with Crippen molar-refractivity contribution < 1.29 is 0 Å². The van der Waals surface area contributed by atoms with Crippen LogP contribution in [0.2, 0.25) is 0 Å². The molecule has 1 aliphatic rings. The maximum absolute atomic E-state index is 4.48. The first-order valence-corrected chi connectivity index (χ1v) is 7.74. The molecular weight excluding hydrogens is 272 g/mol. The molecule has 22 heavy (non-hydrogen) atoms. The highest BCUT2D eigenvalue weighted by Crippen LogP contribution is 2.24. The second-order valence-corrected chi connectivity index (χ2v) is 5.70. The average molecular weight is 294 g/mol. The van der Waals surface area contributed by atoms with Gasteiger partial charge in [0.25, 0.3) is 0 Å². The maximum Gasteiger partial charge on any atom is 0.191 e. The summed E-state index contributed by atoms with van der Waals surface area (Å²) in [6, 6.07) is 10.8. The number of aromatic nitrogens is 1. The van der Waals surface area contributed by atoms with E-state index < -0.39 is 0 Å².